The van der Waals surface area contributed by atoms with Gasteiger partial charge in [0.05, 0.1) is 55.9 Å². The highest BCUT2D eigenvalue weighted by atomic mass is 16.7. The third-order valence-corrected chi connectivity index (χ3v) is 11.6. The summed E-state index contributed by atoms with van der Waals surface area (Å²) in [6.07, 6.45) is -12.0. The normalized spacial score (nSPS) is 43.8. The van der Waals surface area contributed by atoms with E-state index < -0.39 is 131 Å². The van der Waals surface area contributed by atoms with Crippen LogP contribution in [-0.4, -0.2) is 148 Å². The SMILES string of the molecule is CC[C@@H](O)[C@@](C)(O)[C@@H]1OC(=O)[C@H](C)[C@@H](O[C@H]2C[C@@](C)(OC)[C@@H](O)[C@H](C)O2)[C@H](C)[C@@H](O[C@@H]2O[C@H](C)C[C@H]([N+](C)(C)[O-])[C@H]2O)[C@@](C)(CC(C)=O)OC(=O)[C@@H]1C. The summed E-state index contributed by atoms with van der Waals surface area (Å²) >= 11 is 0. The number of aliphatic hydroxyl groups excluding tert-OH is 3. The van der Waals surface area contributed by atoms with Gasteiger partial charge in [-0.05, 0) is 61.8 Å². The van der Waals surface area contributed by atoms with E-state index >= 15 is 0 Å². The van der Waals surface area contributed by atoms with E-state index in [2.05, 4.69) is 0 Å². The molecule has 53 heavy (non-hydrogen) atoms. The number of hydrogen-bond acceptors (Lipinski definition) is 15. The molecule has 3 aliphatic rings. The highest BCUT2D eigenvalue weighted by Crippen LogP contribution is 2.42. The predicted molar refractivity (Wildman–Crippen MR) is 188 cm³/mol. The van der Waals surface area contributed by atoms with E-state index in [1.54, 1.807) is 34.6 Å². The summed E-state index contributed by atoms with van der Waals surface area (Å²) in [5.41, 5.74) is -5.07. The number of likely N-dealkylation sites (N-methyl/N-ethyl adjacent to an activating group) is 1. The Balaban J connectivity index is 2.26. The fraction of sp³-hybridized carbons (Fsp3) is 0.919. The summed E-state index contributed by atoms with van der Waals surface area (Å²) in [5, 5.41) is 58.0. The number of Topliss-reactive ketones (excluding diaryl/α,β-unsaturated/α-hetero) is 1. The Bertz CT molecular complexity index is 1270. The molecule has 3 heterocycles. The number of rotatable bonds is 11. The van der Waals surface area contributed by atoms with E-state index in [1.807, 2.05) is 0 Å². The first-order valence-electron chi connectivity index (χ1n) is 18.6. The van der Waals surface area contributed by atoms with Crippen LogP contribution in [0.1, 0.15) is 94.9 Å². The second kappa shape index (κ2) is 17.1. The Morgan fingerprint density at radius 2 is 1.66 bits per heavy atom. The Morgan fingerprint density at radius 1 is 1.06 bits per heavy atom. The summed E-state index contributed by atoms with van der Waals surface area (Å²) in [6, 6.07) is -0.868. The third-order valence-electron chi connectivity index (χ3n) is 11.6. The van der Waals surface area contributed by atoms with Crippen molar-refractivity contribution in [2.24, 2.45) is 17.8 Å². The Kier molecular flexibility index (Phi) is 14.7. The Morgan fingerprint density at radius 3 is 2.19 bits per heavy atom. The number of hydroxylamine groups is 3. The highest BCUT2D eigenvalue weighted by molar-refractivity contribution is 5.79. The van der Waals surface area contributed by atoms with Crippen molar-refractivity contribution < 1.29 is 72.6 Å². The van der Waals surface area contributed by atoms with Crippen molar-refractivity contribution in [3.63, 3.8) is 0 Å². The molecular formula is C37H65NO15. The molecule has 0 aliphatic carbocycles. The van der Waals surface area contributed by atoms with Crippen LogP contribution in [0, 0.1) is 23.0 Å². The molecule has 17 atom stereocenters. The van der Waals surface area contributed by atoms with Gasteiger partial charge in [-0.2, -0.15) is 0 Å². The van der Waals surface area contributed by atoms with Gasteiger partial charge in [0.1, 0.15) is 41.3 Å². The summed E-state index contributed by atoms with van der Waals surface area (Å²) in [5.74, 6) is -5.79. The third kappa shape index (κ3) is 9.95. The second-order valence-electron chi connectivity index (χ2n) is 16.7. The molecule has 16 heteroatoms. The highest BCUT2D eigenvalue weighted by Gasteiger charge is 2.56. The van der Waals surface area contributed by atoms with Crippen molar-refractivity contribution in [2.45, 2.75) is 179 Å². The number of nitrogens with zero attached hydrogens (tertiary/aromatic N) is 1. The van der Waals surface area contributed by atoms with Crippen LogP contribution in [0.4, 0.5) is 0 Å². The minimum atomic E-state index is -2.13. The van der Waals surface area contributed by atoms with Gasteiger partial charge in [0, 0.05) is 32.3 Å². The van der Waals surface area contributed by atoms with Gasteiger partial charge >= 0.3 is 11.9 Å². The summed E-state index contributed by atoms with van der Waals surface area (Å²) in [4.78, 5) is 41.3. The molecule has 16 nitrogen and oxygen atoms in total. The van der Waals surface area contributed by atoms with Crippen LogP contribution >= 0.6 is 0 Å². The van der Waals surface area contributed by atoms with Gasteiger partial charge in [-0.25, -0.2) is 0 Å². The van der Waals surface area contributed by atoms with Crippen molar-refractivity contribution in [1.29, 1.82) is 0 Å². The lowest BCUT2D eigenvalue weighted by Crippen LogP contribution is -2.63. The lowest BCUT2D eigenvalue weighted by molar-refractivity contribution is -0.874. The lowest BCUT2D eigenvalue weighted by Gasteiger charge is -2.51. The molecule has 0 amide bonds. The van der Waals surface area contributed by atoms with Crippen LogP contribution in [0.5, 0.6) is 0 Å². The number of esters is 2. The van der Waals surface area contributed by atoms with Crippen molar-refractivity contribution in [1.82, 2.24) is 0 Å². The summed E-state index contributed by atoms with van der Waals surface area (Å²) < 4.78 is 42.3. The van der Waals surface area contributed by atoms with Gasteiger partial charge in [0.25, 0.3) is 0 Å². The van der Waals surface area contributed by atoms with Crippen LogP contribution in [0.15, 0.2) is 0 Å². The average Bonchev–Trinajstić information content (AvgIpc) is 3.06. The molecule has 0 saturated carbocycles. The minimum absolute atomic E-state index is 0.0302. The number of ether oxygens (including phenoxy) is 7. The number of quaternary nitrogens is 1. The van der Waals surface area contributed by atoms with Gasteiger partial charge in [-0.15, -0.1) is 0 Å². The first kappa shape index (κ1) is 45.6. The van der Waals surface area contributed by atoms with Crippen molar-refractivity contribution in [2.75, 3.05) is 21.2 Å². The standard InChI is InChI=1S/C37H65NO15/c1-14-25(40)37(10,45)31-22(6)33(44)53-36(9,16-18(2)39)30(52-34-27(41)24(38(11,12)46)15-19(3)48-34)20(4)28(21(5)32(43)51-31)50-26-17-35(8,47-13)29(42)23(7)49-26/h19-31,34,40-42,45H,14-17H2,1-13H3/t19-,20+,21-,22-,23+,24+,25-,26+,27-,28+,29+,30-,31-,34+,35-,36-,37-/m1/s1. The molecule has 0 spiro atoms. The number of cyclic esters (lactones) is 2. The van der Waals surface area contributed by atoms with Gasteiger partial charge in [0.15, 0.2) is 18.7 Å². The molecule has 0 bridgehead atoms. The first-order valence-corrected chi connectivity index (χ1v) is 18.6. The molecule has 308 valence electrons. The predicted octanol–water partition coefficient (Wildman–Crippen LogP) is 1.73. The van der Waals surface area contributed by atoms with Crippen molar-refractivity contribution in [3.8, 4) is 0 Å². The van der Waals surface area contributed by atoms with Crippen LogP contribution < -0.4 is 0 Å². The average molecular weight is 764 g/mol. The molecule has 0 radical (unpaired) electrons. The number of methoxy groups -OCH3 is 1. The number of hydrogen-bond donors (Lipinski definition) is 4. The minimum Gasteiger partial charge on any atom is -0.633 e. The number of ketones is 1. The van der Waals surface area contributed by atoms with E-state index in [1.165, 1.54) is 55.8 Å². The van der Waals surface area contributed by atoms with Crippen LogP contribution in [0.3, 0.4) is 0 Å². The maximum Gasteiger partial charge on any atom is 0.313 e. The zero-order chi connectivity index (χ0) is 40.6. The number of carbonyl (C=O) groups excluding carboxylic acids is 3. The fourth-order valence-electron chi connectivity index (χ4n) is 8.20. The van der Waals surface area contributed by atoms with Gasteiger partial charge in [0.2, 0.25) is 0 Å². The van der Waals surface area contributed by atoms with Crippen LogP contribution in [0.2, 0.25) is 0 Å². The second-order valence-corrected chi connectivity index (χ2v) is 16.7. The van der Waals surface area contributed by atoms with Gasteiger partial charge in [-0.3, -0.25) is 14.4 Å². The molecule has 0 unspecified atom stereocenters. The smallest absolute Gasteiger partial charge is 0.313 e. The van der Waals surface area contributed by atoms with Crippen molar-refractivity contribution in [3.05, 3.63) is 5.21 Å². The topological polar surface area (TPSA) is 220 Å². The molecule has 0 aromatic heterocycles. The molecule has 0 aromatic rings. The molecular weight excluding hydrogens is 698 g/mol. The Hall–Kier alpha value is -1.83. The molecule has 0 aromatic carbocycles. The maximum atomic E-state index is 14.2. The van der Waals surface area contributed by atoms with E-state index in [4.69, 9.17) is 33.2 Å². The van der Waals surface area contributed by atoms with E-state index in [0.29, 0.717) is 0 Å². The molecule has 3 fully saturated rings. The number of carbonyl (C=O) groups is 3. The summed E-state index contributed by atoms with van der Waals surface area (Å²) in [7, 11) is 4.24. The molecule has 3 rings (SSSR count). The van der Waals surface area contributed by atoms with E-state index in [-0.39, 0.29) is 19.3 Å². The van der Waals surface area contributed by atoms with Crippen LogP contribution in [0.25, 0.3) is 0 Å². The lowest BCUT2D eigenvalue weighted by atomic mass is 9.79. The zero-order valence-corrected chi connectivity index (χ0v) is 33.6. The first-order chi connectivity index (χ1) is 24.2. The molecule has 3 aliphatic heterocycles. The fourth-order valence-corrected chi connectivity index (χ4v) is 8.20. The van der Waals surface area contributed by atoms with E-state index in [9.17, 15) is 40.0 Å². The largest absolute Gasteiger partial charge is 0.633 e. The Labute approximate surface area is 313 Å². The van der Waals surface area contributed by atoms with Gasteiger partial charge < -0.3 is 63.4 Å². The molecule has 3 saturated heterocycles. The monoisotopic (exact) mass is 763 g/mol. The van der Waals surface area contributed by atoms with E-state index in [0.717, 1.165) is 0 Å². The quantitative estimate of drug-likeness (QED) is 0.134. The number of aliphatic hydroxyl groups is 4. The maximum absolute atomic E-state index is 14.2. The van der Waals surface area contributed by atoms with Crippen LogP contribution in [-0.2, 0) is 47.5 Å². The zero-order valence-electron chi connectivity index (χ0n) is 33.6. The van der Waals surface area contributed by atoms with Gasteiger partial charge in [-0.1, -0.05) is 13.8 Å². The van der Waals surface area contributed by atoms with Crippen molar-refractivity contribution >= 4 is 17.7 Å². The summed E-state index contributed by atoms with van der Waals surface area (Å²) in [6.45, 7) is 15.3. The molecule has 4 N–H and O–H groups in total.